The SMILES string of the molecule is CC(C)(C)OC(=O)N[C@@H]1C[C@@H](C(=O)N2C[C@@H](NC(=O)[C@H](O)CCc3ccccc3)C[C@H]2C(=O)Nc2cnc3ccccc3c2)N(C(=O)OC(C)(C)C)C1. The standard InChI is InChI=1S/C39H50N6O8/c1-38(2,3)52-36(50)43-28-20-31(45(23-28)37(51)53-39(4,5)6)35(49)44-22-27(42-34(48)32(46)17-16-24-12-8-7-9-13-24)19-30(44)33(47)41-26-18-25-14-10-11-15-29(25)40-21-26/h7-15,18,21,27-28,30-32,46H,16-17,19-20,22-23H2,1-6H3,(H,41,47)(H,42,48)(H,43,50)/t27-,28+,30-,31-,32+/m0/s1. The smallest absolute Gasteiger partial charge is 0.411 e. The van der Waals surface area contributed by atoms with Crippen molar-refractivity contribution in [3.8, 4) is 0 Å². The summed E-state index contributed by atoms with van der Waals surface area (Å²) in [6.07, 6.45) is -0.487. The molecule has 2 fully saturated rings. The van der Waals surface area contributed by atoms with Gasteiger partial charge in [0.25, 0.3) is 0 Å². The number of aryl methyl sites for hydroxylation is 1. The van der Waals surface area contributed by atoms with E-state index in [-0.39, 0.29) is 32.4 Å². The van der Waals surface area contributed by atoms with Crippen molar-refractivity contribution < 1.29 is 38.6 Å². The van der Waals surface area contributed by atoms with Gasteiger partial charge in [-0.2, -0.15) is 0 Å². The van der Waals surface area contributed by atoms with Gasteiger partial charge >= 0.3 is 12.2 Å². The first-order valence-corrected chi connectivity index (χ1v) is 17.9. The number of anilines is 1. The lowest BCUT2D eigenvalue weighted by Crippen LogP contribution is -2.53. The second kappa shape index (κ2) is 16.2. The number of fused-ring (bicyclic) bond motifs is 1. The zero-order valence-corrected chi connectivity index (χ0v) is 31.1. The number of likely N-dealkylation sites (tertiary alicyclic amines) is 2. The lowest BCUT2D eigenvalue weighted by Gasteiger charge is -2.32. The predicted molar refractivity (Wildman–Crippen MR) is 198 cm³/mol. The molecule has 53 heavy (non-hydrogen) atoms. The van der Waals surface area contributed by atoms with E-state index < -0.39 is 71.4 Å². The first-order chi connectivity index (χ1) is 25.0. The van der Waals surface area contributed by atoms with Crippen LogP contribution in [0.15, 0.2) is 66.9 Å². The second-order valence-electron chi connectivity index (χ2n) is 15.6. The van der Waals surface area contributed by atoms with Crippen molar-refractivity contribution in [3.05, 3.63) is 72.4 Å². The molecule has 0 saturated carbocycles. The van der Waals surface area contributed by atoms with E-state index in [1.807, 2.05) is 54.6 Å². The zero-order chi connectivity index (χ0) is 38.5. The minimum atomic E-state index is -1.31. The lowest BCUT2D eigenvalue weighted by molar-refractivity contribution is -0.140. The number of amides is 5. The van der Waals surface area contributed by atoms with E-state index in [1.54, 1.807) is 47.6 Å². The van der Waals surface area contributed by atoms with E-state index in [0.29, 0.717) is 12.1 Å². The molecule has 14 heteroatoms. The highest BCUT2D eigenvalue weighted by Crippen LogP contribution is 2.29. The highest BCUT2D eigenvalue weighted by atomic mass is 16.6. The van der Waals surface area contributed by atoms with Gasteiger partial charge in [-0.3, -0.25) is 24.3 Å². The Morgan fingerprint density at radius 3 is 2.15 bits per heavy atom. The maximum absolute atomic E-state index is 14.5. The highest BCUT2D eigenvalue weighted by molar-refractivity contribution is 6.00. The average molecular weight is 731 g/mol. The Morgan fingerprint density at radius 1 is 0.830 bits per heavy atom. The minimum Gasteiger partial charge on any atom is -0.444 e. The summed E-state index contributed by atoms with van der Waals surface area (Å²) in [4.78, 5) is 74.9. The van der Waals surface area contributed by atoms with Crippen LogP contribution in [0.4, 0.5) is 15.3 Å². The number of aliphatic hydroxyl groups is 1. The molecule has 5 atom stereocenters. The third-order valence-corrected chi connectivity index (χ3v) is 8.88. The van der Waals surface area contributed by atoms with Crippen molar-refractivity contribution in [1.29, 1.82) is 0 Å². The summed E-state index contributed by atoms with van der Waals surface area (Å²) in [5, 5.41) is 20.0. The summed E-state index contributed by atoms with van der Waals surface area (Å²) >= 11 is 0. The van der Waals surface area contributed by atoms with Crippen LogP contribution in [0, 0.1) is 0 Å². The van der Waals surface area contributed by atoms with Gasteiger partial charge in [-0.05, 0) is 84.9 Å². The second-order valence-corrected chi connectivity index (χ2v) is 15.6. The summed E-state index contributed by atoms with van der Waals surface area (Å²) < 4.78 is 11.1. The molecule has 5 rings (SSSR count). The fourth-order valence-electron chi connectivity index (χ4n) is 6.54. The van der Waals surface area contributed by atoms with Crippen molar-refractivity contribution >= 4 is 46.5 Å². The van der Waals surface area contributed by atoms with E-state index in [0.717, 1.165) is 16.5 Å². The van der Waals surface area contributed by atoms with Crippen molar-refractivity contribution in [2.24, 2.45) is 0 Å². The van der Waals surface area contributed by atoms with E-state index in [9.17, 15) is 29.1 Å². The van der Waals surface area contributed by atoms with Crippen LogP contribution in [0.2, 0.25) is 0 Å². The topological polar surface area (TPSA) is 180 Å². The van der Waals surface area contributed by atoms with E-state index in [4.69, 9.17) is 9.47 Å². The predicted octanol–water partition coefficient (Wildman–Crippen LogP) is 4.16. The first kappa shape index (κ1) is 39.0. The number of ether oxygens (including phenoxy) is 2. The molecule has 3 aromatic rings. The molecule has 1 aromatic heterocycles. The molecule has 0 bridgehead atoms. The fraction of sp³-hybridized carbons (Fsp3) is 0.487. The number of hydrogen-bond donors (Lipinski definition) is 4. The molecule has 14 nitrogen and oxygen atoms in total. The Bertz CT molecular complexity index is 1810. The number of nitrogens with one attached hydrogen (secondary N) is 3. The summed E-state index contributed by atoms with van der Waals surface area (Å²) in [5.74, 6) is -1.68. The zero-order valence-electron chi connectivity index (χ0n) is 31.1. The third-order valence-electron chi connectivity index (χ3n) is 8.88. The van der Waals surface area contributed by atoms with Gasteiger partial charge in [0.05, 0.1) is 23.4 Å². The highest BCUT2D eigenvalue weighted by Gasteiger charge is 2.49. The molecule has 0 radical (unpaired) electrons. The maximum Gasteiger partial charge on any atom is 0.411 e. The summed E-state index contributed by atoms with van der Waals surface area (Å²) in [7, 11) is 0. The fourth-order valence-corrected chi connectivity index (χ4v) is 6.54. The Labute approximate surface area is 309 Å². The molecule has 2 aliphatic heterocycles. The van der Waals surface area contributed by atoms with E-state index in [2.05, 4.69) is 20.9 Å². The van der Waals surface area contributed by atoms with Crippen molar-refractivity contribution in [1.82, 2.24) is 25.4 Å². The van der Waals surface area contributed by atoms with Gasteiger partial charge < -0.3 is 35.4 Å². The van der Waals surface area contributed by atoms with Gasteiger partial charge in [-0.15, -0.1) is 0 Å². The van der Waals surface area contributed by atoms with Gasteiger partial charge in [0.1, 0.15) is 29.4 Å². The van der Waals surface area contributed by atoms with Crippen molar-refractivity contribution in [3.63, 3.8) is 0 Å². The number of alkyl carbamates (subject to hydrolysis) is 1. The monoisotopic (exact) mass is 730 g/mol. The molecule has 0 unspecified atom stereocenters. The molecule has 5 amide bonds. The Kier molecular flexibility index (Phi) is 11.9. The van der Waals surface area contributed by atoms with Crippen LogP contribution in [0.25, 0.3) is 10.9 Å². The number of pyridine rings is 1. The maximum atomic E-state index is 14.5. The lowest BCUT2D eigenvalue weighted by atomic mass is 10.1. The number of carbonyl (C=O) groups excluding carboxylic acids is 5. The van der Waals surface area contributed by atoms with Gasteiger partial charge in [-0.1, -0.05) is 48.5 Å². The van der Waals surface area contributed by atoms with Crippen LogP contribution < -0.4 is 16.0 Å². The molecular weight excluding hydrogens is 680 g/mol. The average Bonchev–Trinajstić information content (AvgIpc) is 3.70. The number of carbonyl (C=O) groups is 5. The number of aliphatic hydroxyl groups excluding tert-OH is 1. The molecule has 2 aromatic carbocycles. The number of rotatable bonds is 9. The van der Waals surface area contributed by atoms with Crippen LogP contribution in [0.1, 0.15) is 66.4 Å². The third kappa shape index (κ3) is 10.7. The molecule has 2 aliphatic rings. The van der Waals surface area contributed by atoms with Crippen molar-refractivity contribution in [2.45, 2.75) is 109 Å². The van der Waals surface area contributed by atoms with Gasteiger partial charge in [0.2, 0.25) is 17.7 Å². The Balaban J connectivity index is 1.37. The number of para-hydroxylation sites is 1. The van der Waals surface area contributed by atoms with Crippen LogP contribution in [-0.2, 0) is 30.3 Å². The molecule has 0 spiro atoms. The molecule has 3 heterocycles. The summed E-state index contributed by atoms with van der Waals surface area (Å²) in [6.45, 7) is 10.2. The molecule has 0 aliphatic carbocycles. The normalized spacial score (nSPS) is 20.8. The molecule has 284 valence electrons. The molecular formula is C39H50N6O8. The van der Waals surface area contributed by atoms with Gasteiger partial charge in [0, 0.05) is 24.5 Å². The Hall–Kier alpha value is -5.24. The number of hydrogen-bond acceptors (Lipinski definition) is 9. The van der Waals surface area contributed by atoms with E-state index in [1.165, 1.54) is 16.0 Å². The summed E-state index contributed by atoms with van der Waals surface area (Å²) in [6, 6.07) is 15.2. The van der Waals surface area contributed by atoms with E-state index >= 15 is 0 Å². The van der Waals surface area contributed by atoms with Crippen LogP contribution in [-0.4, -0.2) is 104 Å². The van der Waals surface area contributed by atoms with Crippen LogP contribution in [0.3, 0.4) is 0 Å². The minimum absolute atomic E-state index is 0.0337. The summed E-state index contributed by atoms with van der Waals surface area (Å²) in [5.41, 5.74) is 0.496. The van der Waals surface area contributed by atoms with Crippen LogP contribution >= 0.6 is 0 Å². The largest absolute Gasteiger partial charge is 0.444 e. The number of aromatic nitrogens is 1. The van der Waals surface area contributed by atoms with Crippen molar-refractivity contribution in [2.75, 3.05) is 18.4 Å². The number of benzene rings is 2. The van der Waals surface area contributed by atoms with Crippen LogP contribution in [0.5, 0.6) is 0 Å². The number of nitrogens with zero attached hydrogens (tertiary/aromatic N) is 3. The first-order valence-electron chi connectivity index (χ1n) is 17.9. The quantitative estimate of drug-likeness (QED) is 0.252. The Morgan fingerprint density at radius 2 is 1.45 bits per heavy atom. The molecule has 2 saturated heterocycles. The van der Waals surface area contributed by atoms with Gasteiger partial charge in [-0.25, -0.2) is 9.59 Å². The van der Waals surface area contributed by atoms with Gasteiger partial charge in [0.15, 0.2) is 0 Å². The molecule has 4 N–H and O–H groups in total.